The van der Waals surface area contributed by atoms with E-state index in [0.29, 0.717) is 30.9 Å². The predicted octanol–water partition coefficient (Wildman–Crippen LogP) is 2.98. The number of ether oxygens (including phenoxy) is 1. The number of carbonyl (C=O) groups is 1. The first-order chi connectivity index (χ1) is 13.5. The van der Waals surface area contributed by atoms with Crippen LogP contribution in [0.2, 0.25) is 0 Å². The Hall–Kier alpha value is -1.38. The van der Waals surface area contributed by atoms with E-state index >= 15 is 0 Å². The molecule has 2 saturated heterocycles. The van der Waals surface area contributed by atoms with Gasteiger partial charge in [-0.3, -0.25) is 14.2 Å². The van der Waals surface area contributed by atoms with Crippen LogP contribution in [0.5, 0.6) is 0 Å². The number of thiophene rings is 1. The fourth-order valence-electron chi connectivity index (χ4n) is 4.02. The fraction of sp³-hybridized carbons (Fsp3) is 0.650. The van der Waals surface area contributed by atoms with Crippen molar-refractivity contribution in [2.45, 2.75) is 58.2 Å². The smallest absolute Gasteiger partial charge is 0.262 e. The van der Waals surface area contributed by atoms with Gasteiger partial charge in [-0.05, 0) is 44.4 Å². The second kappa shape index (κ2) is 8.55. The Bertz CT molecular complexity index is 911. The van der Waals surface area contributed by atoms with Crippen molar-refractivity contribution in [1.29, 1.82) is 0 Å². The van der Waals surface area contributed by atoms with Gasteiger partial charge in [0.15, 0.2) is 0 Å². The Balaban J connectivity index is 1.48. The second-order valence-corrected chi connectivity index (χ2v) is 10.0. The molecule has 2 unspecified atom stereocenters. The summed E-state index contributed by atoms with van der Waals surface area (Å²) in [5.74, 6) is 2.23. The summed E-state index contributed by atoms with van der Waals surface area (Å²) in [4.78, 5) is 34.3. The molecule has 0 aromatic carbocycles. The minimum atomic E-state index is -0.0400. The molecule has 2 aromatic rings. The molecule has 0 N–H and O–H groups in total. The van der Waals surface area contributed by atoms with Gasteiger partial charge in [0.05, 0.1) is 17.8 Å². The summed E-state index contributed by atoms with van der Waals surface area (Å²) in [5, 5.41) is 0.695. The Labute approximate surface area is 173 Å². The molecule has 0 saturated carbocycles. The molecule has 0 bridgehead atoms. The van der Waals surface area contributed by atoms with Gasteiger partial charge < -0.3 is 9.64 Å². The molecule has 2 atom stereocenters. The summed E-state index contributed by atoms with van der Waals surface area (Å²) in [6.07, 6.45) is 5.22. The van der Waals surface area contributed by atoms with Crippen molar-refractivity contribution in [3.8, 4) is 0 Å². The Kier molecular flexibility index (Phi) is 6.08. The summed E-state index contributed by atoms with van der Waals surface area (Å²) >= 11 is 3.46. The van der Waals surface area contributed by atoms with Crippen LogP contribution >= 0.6 is 23.1 Å². The lowest BCUT2D eigenvalue weighted by Gasteiger charge is -2.31. The molecule has 6 nitrogen and oxygen atoms in total. The van der Waals surface area contributed by atoms with E-state index in [9.17, 15) is 9.59 Å². The van der Waals surface area contributed by atoms with Gasteiger partial charge in [0.25, 0.3) is 5.56 Å². The monoisotopic (exact) mass is 421 g/mol. The molecule has 0 radical (unpaired) electrons. The topological polar surface area (TPSA) is 64.4 Å². The lowest BCUT2D eigenvalue weighted by molar-refractivity contribution is -0.135. The molecule has 2 aliphatic rings. The molecule has 152 valence electrons. The number of thioether (sulfide) groups is 1. The first-order valence-electron chi connectivity index (χ1n) is 9.98. The molecule has 2 aliphatic heterocycles. The predicted molar refractivity (Wildman–Crippen MR) is 114 cm³/mol. The van der Waals surface area contributed by atoms with Gasteiger partial charge in [0.1, 0.15) is 4.83 Å². The van der Waals surface area contributed by atoms with Gasteiger partial charge in [-0.15, -0.1) is 11.3 Å². The summed E-state index contributed by atoms with van der Waals surface area (Å²) in [6.45, 7) is 5.83. The molecule has 4 rings (SSSR count). The van der Waals surface area contributed by atoms with Gasteiger partial charge in [0.2, 0.25) is 5.91 Å². The van der Waals surface area contributed by atoms with E-state index in [1.165, 1.54) is 0 Å². The summed E-state index contributed by atoms with van der Waals surface area (Å²) in [6, 6.07) is 0.292. The van der Waals surface area contributed by atoms with Crippen LogP contribution in [0.3, 0.4) is 0 Å². The molecule has 0 aliphatic carbocycles. The van der Waals surface area contributed by atoms with Crippen LogP contribution in [0.4, 0.5) is 0 Å². The number of rotatable bonds is 6. The maximum absolute atomic E-state index is 13.1. The van der Waals surface area contributed by atoms with E-state index in [1.54, 1.807) is 22.2 Å². The van der Waals surface area contributed by atoms with Crippen LogP contribution in [0.1, 0.15) is 36.1 Å². The first kappa shape index (κ1) is 19.9. The van der Waals surface area contributed by atoms with Gasteiger partial charge >= 0.3 is 0 Å². The standard InChI is InChI=1S/C20H27N3O3S2/c1-13-14(2)28-19-18(13)20(25)22(12-21-19)7-5-17(24)23(15-6-9-27-11-15)10-16-4-3-8-26-16/h12,15-16H,3-11H2,1-2H3. The number of fused-ring (bicyclic) bond motifs is 1. The van der Waals surface area contributed by atoms with Crippen LogP contribution in [-0.4, -0.2) is 57.2 Å². The third-order valence-corrected chi connectivity index (χ3v) is 8.07. The number of aryl methyl sites for hydroxylation is 3. The zero-order chi connectivity index (χ0) is 19.7. The minimum Gasteiger partial charge on any atom is -0.376 e. The van der Waals surface area contributed by atoms with Crippen LogP contribution in [0, 0.1) is 13.8 Å². The molecular weight excluding hydrogens is 394 g/mol. The average Bonchev–Trinajstić information content (AvgIpc) is 3.42. The summed E-state index contributed by atoms with van der Waals surface area (Å²) in [7, 11) is 0. The lowest BCUT2D eigenvalue weighted by Crippen LogP contribution is -2.45. The van der Waals surface area contributed by atoms with Gasteiger partial charge in [-0.2, -0.15) is 11.8 Å². The van der Waals surface area contributed by atoms with Crippen LogP contribution in [-0.2, 0) is 16.1 Å². The highest BCUT2D eigenvalue weighted by molar-refractivity contribution is 7.99. The van der Waals surface area contributed by atoms with Crippen molar-refractivity contribution >= 4 is 39.2 Å². The quantitative estimate of drug-likeness (QED) is 0.717. The summed E-state index contributed by atoms with van der Waals surface area (Å²) < 4.78 is 7.36. The van der Waals surface area contributed by atoms with E-state index in [2.05, 4.69) is 4.98 Å². The largest absolute Gasteiger partial charge is 0.376 e. The van der Waals surface area contributed by atoms with E-state index in [0.717, 1.165) is 52.6 Å². The number of nitrogens with zero attached hydrogens (tertiary/aromatic N) is 3. The molecular formula is C20H27N3O3S2. The van der Waals surface area contributed by atoms with Crippen LogP contribution in [0.15, 0.2) is 11.1 Å². The van der Waals surface area contributed by atoms with E-state index in [4.69, 9.17) is 4.74 Å². The third kappa shape index (κ3) is 4.00. The Morgan fingerprint density at radius 2 is 2.25 bits per heavy atom. The zero-order valence-corrected chi connectivity index (χ0v) is 18.1. The molecule has 0 spiro atoms. The van der Waals surface area contributed by atoms with Gasteiger partial charge in [-0.25, -0.2) is 4.98 Å². The van der Waals surface area contributed by atoms with Crippen molar-refractivity contribution < 1.29 is 9.53 Å². The number of aromatic nitrogens is 2. The lowest BCUT2D eigenvalue weighted by atomic mass is 10.1. The van der Waals surface area contributed by atoms with Crippen LogP contribution in [0.25, 0.3) is 10.2 Å². The highest BCUT2D eigenvalue weighted by Gasteiger charge is 2.30. The van der Waals surface area contributed by atoms with Crippen molar-refractivity contribution in [2.75, 3.05) is 24.7 Å². The molecule has 2 aromatic heterocycles. The van der Waals surface area contributed by atoms with Gasteiger partial charge in [-0.1, -0.05) is 0 Å². The fourth-order valence-corrected chi connectivity index (χ4v) is 6.23. The number of hydrogen-bond donors (Lipinski definition) is 0. The molecule has 28 heavy (non-hydrogen) atoms. The molecule has 8 heteroatoms. The number of hydrogen-bond acceptors (Lipinski definition) is 6. The normalized spacial score (nSPS) is 22.2. The minimum absolute atomic E-state index is 0.0400. The van der Waals surface area contributed by atoms with Gasteiger partial charge in [0, 0.05) is 42.8 Å². The van der Waals surface area contributed by atoms with Crippen molar-refractivity contribution in [2.24, 2.45) is 0 Å². The second-order valence-electron chi connectivity index (χ2n) is 7.66. The highest BCUT2D eigenvalue weighted by Crippen LogP contribution is 2.26. The zero-order valence-electron chi connectivity index (χ0n) is 16.5. The average molecular weight is 422 g/mol. The van der Waals surface area contributed by atoms with Crippen molar-refractivity contribution in [3.05, 3.63) is 27.1 Å². The van der Waals surface area contributed by atoms with Crippen molar-refractivity contribution in [3.63, 3.8) is 0 Å². The van der Waals surface area contributed by atoms with Crippen LogP contribution < -0.4 is 5.56 Å². The Morgan fingerprint density at radius 3 is 2.96 bits per heavy atom. The highest BCUT2D eigenvalue weighted by atomic mass is 32.2. The maximum atomic E-state index is 13.1. The maximum Gasteiger partial charge on any atom is 0.262 e. The summed E-state index contributed by atoms with van der Waals surface area (Å²) in [5.41, 5.74) is 0.961. The third-order valence-electron chi connectivity index (χ3n) is 5.81. The first-order valence-corrected chi connectivity index (χ1v) is 12.0. The number of amides is 1. The molecule has 4 heterocycles. The molecule has 1 amide bonds. The Morgan fingerprint density at radius 1 is 1.39 bits per heavy atom. The molecule has 2 fully saturated rings. The van der Waals surface area contributed by atoms with Crippen molar-refractivity contribution in [1.82, 2.24) is 14.5 Å². The SMILES string of the molecule is Cc1sc2ncn(CCC(=O)N(CC3CCCO3)C3CCSC3)c(=O)c2c1C. The van der Waals surface area contributed by atoms with E-state index in [1.807, 2.05) is 30.5 Å². The van der Waals surface area contributed by atoms with E-state index < -0.39 is 0 Å². The van der Waals surface area contributed by atoms with E-state index in [-0.39, 0.29) is 17.6 Å². The number of carbonyl (C=O) groups excluding carboxylic acids is 1.